The Morgan fingerprint density at radius 1 is 1.40 bits per heavy atom. The van der Waals surface area contributed by atoms with Crippen molar-refractivity contribution in [3.63, 3.8) is 0 Å². The van der Waals surface area contributed by atoms with Crippen LogP contribution in [0, 0.1) is 17.8 Å². The number of hydrogen-bond acceptors (Lipinski definition) is 3. The predicted molar refractivity (Wildman–Crippen MR) is 56.0 cm³/mol. The maximum atomic E-state index is 11.7. The van der Waals surface area contributed by atoms with Crippen LogP contribution in [0.2, 0.25) is 0 Å². The number of carbonyl (C=O) groups is 2. The van der Waals surface area contributed by atoms with Crippen molar-refractivity contribution in [2.45, 2.75) is 20.3 Å². The zero-order chi connectivity index (χ0) is 11.0. The van der Waals surface area contributed by atoms with Crippen molar-refractivity contribution in [3.05, 3.63) is 0 Å². The van der Waals surface area contributed by atoms with Gasteiger partial charge in [-0.05, 0) is 25.4 Å². The molecule has 3 atom stereocenters. The van der Waals surface area contributed by atoms with Crippen LogP contribution < -0.4 is 5.32 Å². The Kier molecular flexibility index (Phi) is 2.78. The van der Waals surface area contributed by atoms with Crippen LogP contribution in [0.3, 0.4) is 0 Å². The van der Waals surface area contributed by atoms with Gasteiger partial charge in [-0.25, -0.2) is 0 Å². The highest BCUT2D eigenvalue weighted by molar-refractivity contribution is 6.08. The number of fused-ring (bicyclic) bond motifs is 1. The van der Waals surface area contributed by atoms with E-state index in [1.54, 1.807) is 0 Å². The molecule has 2 fully saturated rings. The first-order chi connectivity index (χ1) is 7.15. The Labute approximate surface area is 90.0 Å². The number of imide groups is 1. The van der Waals surface area contributed by atoms with Crippen molar-refractivity contribution in [3.8, 4) is 0 Å². The summed E-state index contributed by atoms with van der Waals surface area (Å²) in [5, 5.41) is 3.22. The third-order valence-corrected chi connectivity index (χ3v) is 3.19. The quantitative estimate of drug-likeness (QED) is 0.661. The zero-order valence-electron chi connectivity index (χ0n) is 9.32. The van der Waals surface area contributed by atoms with Gasteiger partial charge in [0.05, 0.1) is 11.8 Å². The monoisotopic (exact) mass is 210 g/mol. The fourth-order valence-electron chi connectivity index (χ4n) is 2.20. The standard InChI is InChI=1S/C11H18N2O2/c1-3-12-5-7(2)6-13-10(14)8-4-9(8)11(13)15/h7-9,12H,3-6H2,1-2H3. The van der Waals surface area contributed by atoms with Crippen molar-refractivity contribution in [2.75, 3.05) is 19.6 Å². The molecule has 0 aromatic rings. The summed E-state index contributed by atoms with van der Waals surface area (Å²) < 4.78 is 0. The third-order valence-electron chi connectivity index (χ3n) is 3.19. The second-order valence-corrected chi connectivity index (χ2v) is 4.65. The van der Waals surface area contributed by atoms with Gasteiger partial charge in [0.1, 0.15) is 0 Å². The van der Waals surface area contributed by atoms with Gasteiger partial charge in [-0.3, -0.25) is 14.5 Å². The summed E-state index contributed by atoms with van der Waals surface area (Å²) in [5.74, 6) is 0.560. The van der Waals surface area contributed by atoms with Crippen LogP contribution in [-0.4, -0.2) is 36.3 Å². The van der Waals surface area contributed by atoms with E-state index in [1.807, 2.05) is 6.92 Å². The molecule has 3 unspecified atom stereocenters. The molecular formula is C11H18N2O2. The average molecular weight is 210 g/mol. The fraction of sp³-hybridized carbons (Fsp3) is 0.818. The summed E-state index contributed by atoms with van der Waals surface area (Å²) >= 11 is 0. The molecule has 0 radical (unpaired) electrons. The first-order valence-electron chi connectivity index (χ1n) is 5.71. The van der Waals surface area contributed by atoms with E-state index in [1.165, 1.54) is 4.90 Å². The number of likely N-dealkylation sites (tertiary alicyclic amines) is 1. The number of amides is 2. The first kappa shape index (κ1) is 10.6. The van der Waals surface area contributed by atoms with Gasteiger partial charge in [0.15, 0.2) is 0 Å². The predicted octanol–water partition coefficient (Wildman–Crippen LogP) is 0.237. The van der Waals surface area contributed by atoms with Crippen molar-refractivity contribution in [1.29, 1.82) is 0 Å². The number of piperidine rings is 1. The summed E-state index contributed by atoms with van der Waals surface area (Å²) in [6.45, 7) is 6.49. The Hall–Kier alpha value is -0.900. The van der Waals surface area contributed by atoms with E-state index in [-0.39, 0.29) is 23.7 Å². The number of carbonyl (C=O) groups excluding carboxylic acids is 2. The van der Waals surface area contributed by atoms with E-state index in [2.05, 4.69) is 12.2 Å². The molecule has 0 aromatic carbocycles. The molecule has 84 valence electrons. The molecule has 0 spiro atoms. The minimum atomic E-state index is 0.0452. The lowest BCUT2D eigenvalue weighted by atomic mass is 10.1. The number of rotatable bonds is 5. The largest absolute Gasteiger partial charge is 0.317 e. The molecule has 1 heterocycles. The molecule has 1 aliphatic carbocycles. The molecule has 1 saturated heterocycles. The molecular weight excluding hydrogens is 192 g/mol. The molecule has 15 heavy (non-hydrogen) atoms. The normalized spacial score (nSPS) is 30.7. The number of nitrogens with one attached hydrogen (secondary N) is 1. The summed E-state index contributed by atoms with van der Waals surface area (Å²) in [6, 6.07) is 0. The van der Waals surface area contributed by atoms with Gasteiger partial charge in [0.25, 0.3) is 0 Å². The Balaban J connectivity index is 1.84. The van der Waals surface area contributed by atoms with Crippen LogP contribution in [0.15, 0.2) is 0 Å². The lowest BCUT2D eigenvalue weighted by Crippen LogP contribution is -2.39. The lowest BCUT2D eigenvalue weighted by Gasteiger charge is -2.21. The number of nitrogens with zero attached hydrogens (tertiary/aromatic N) is 1. The summed E-state index contributed by atoms with van der Waals surface area (Å²) in [4.78, 5) is 24.8. The Morgan fingerprint density at radius 3 is 2.53 bits per heavy atom. The minimum absolute atomic E-state index is 0.0452. The minimum Gasteiger partial charge on any atom is -0.317 e. The second-order valence-electron chi connectivity index (χ2n) is 4.65. The van der Waals surface area contributed by atoms with Gasteiger partial charge in [0.2, 0.25) is 11.8 Å². The van der Waals surface area contributed by atoms with Gasteiger partial charge >= 0.3 is 0 Å². The van der Waals surface area contributed by atoms with Crippen LogP contribution in [0.5, 0.6) is 0 Å². The van der Waals surface area contributed by atoms with E-state index in [4.69, 9.17) is 0 Å². The van der Waals surface area contributed by atoms with Crippen LogP contribution in [0.4, 0.5) is 0 Å². The van der Waals surface area contributed by atoms with Gasteiger partial charge in [-0.1, -0.05) is 13.8 Å². The molecule has 1 aliphatic heterocycles. The molecule has 0 bridgehead atoms. The van der Waals surface area contributed by atoms with Crippen molar-refractivity contribution in [2.24, 2.45) is 17.8 Å². The average Bonchev–Trinajstić information content (AvgIpc) is 2.96. The highest BCUT2D eigenvalue weighted by atomic mass is 16.2. The highest BCUT2D eigenvalue weighted by Crippen LogP contribution is 2.47. The molecule has 0 aromatic heterocycles. The molecule has 4 heteroatoms. The molecule has 2 amide bonds. The maximum Gasteiger partial charge on any atom is 0.233 e. The van der Waals surface area contributed by atoms with E-state index >= 15 is 0 Å². The van der Waals surface area contributed by atoms with Crippen LogP contribution in [0.1, 0.15) is 20.3 Å². The van der Waals surface area contributed by atoms with Gasteiger partial charge in [0, 0.05) is 6.54 Å². The topological polar surface area (TPSA) is 49.4 Å². The van der Waals surface area contributed by atoms with E-state index in [0.29, 0.717) is 12.5 Å². The van der Waals surface area contributed by atoms with Gasteiger partial charge in [-0.2, -0.15) is 0 Å². The zero-order valence-corrected chi connectivity index (χ0v) is 9.32. The van der Waals surface area contributed by atoms with E-state index in [9.17, 15) is 9.59 Å². The van der Waals surface area contributed by atoms with Crippen molar-refractivity contribution in [1.82, 2.24) is 10.2 Å². The Bertz CT molecular complexity index is 270. The number of hydrogen-bond donors (Lipinski definition) is 1. The summed E-state index contributed by atoms with van der Waals surface area (Å²) in [5.41, 5.74) is 0. The highest BCUT2D eigenvalue weighted by Gasteiger charge is 2.58. The fourth-order valence-corrected chi connectivity index (χ4v) is 2.20. The second kappa shape index (κ2) is 3.93. The van der Waals surface area contributed by atoms with Crippen LogP contribution >= 0.6 is 0 Å². The molecule has 4 nitrogen and oxygen atoms in total. The van der Waals surface area contributed by atoms with Crippen molar-refractivity contribution < 1.29 is 9.59 Å². The third kappa shape index (κ3) is 1.91. The SMILES string of the molecule is CCNCC(C)CN1C(=O)C2CC2C1=O. The Morgan fingerprint density at radius 2 is 2.00 bits per heavy atom. The maximum absolute atomic E-state index is 11.7. The van der Waals surface area contributed by atoms with Crippen LogP contribution in [0.25, 0.3) is 0 Å². The molecule has 1 N–H and O–H groups in total. The van der Waals surface area contributed by atoms with E-state index < -0.39 is 0 Å². The summed E-state index contributed by atoms with van der Waals surface area (Å²) in [7, 11) is 0. The molecule has 2 aliphatic rings. The molecule has 2 rings (SSSR count). The lowest BCUT2D eigenvalue weighted by molar-refractivity contribution is -0.141. The molecule has 1 saturated carbocycles. The van der Waals surface area contributed by atoms with E-state index in [0.717, 1.165) is 19.5 Å². The van der Waals surface area contributed by atoms with Crippen molar-refractivity contribution >= 4 is 11.8 Å². The van der Waals surface area contributed by atoms with Gasteiger partial charge in [-0.15, -0.1) is 0 Å². The van der Waals surface area contributed by atoms with Gasteiger partial charge < -0.3 is 5.32 Å². The smallest absolute Gasteiger partial charge is 0.233 e. The first-order valence-corrected chi connectivity index (χ1v) is 5.71. The van der Waals surface area contributed by atoms with Crippen LogP contribution in [-0.2, 0) is 9.59 Å². The summed E-state index contributed by atoms with van der Waals surface area (Å²) in [6.07, 6.45) is 0.801.